The van der Waals surface area contributed by atoms with Gasteiger partial charge in [-0.25, -0.2) is 9.07 Å². The maximum Gasteiger partial charge on any atom is 0.253 e. The minimum atomic E-state index is -0.399. The quantitative estimate of drug-likeness (QED) is 0.415. The van der Waals surface area contributed by atoms with E-state index in [0.29, 0.717) is 43.3 Å². The van der Waals surface area contributed by atoms with Gasteiger partial charge >= 0.3 is 0 Å². The number of aromatic nitrogens is 5. The molecule has 1 atom stereocenters. The van der Waals surface area contributed by atoms with Gasteiger partial charge in [0, 0.05) is 31.7 Å². The summed E-state index contributed by atoms with van der Waals surface area (Å²) in [5, 5.41) is 14.1. The van der Waals surface area contributed by atoms with E-state index in [1.807, 2.05) is 29.8 Å². The normalized spacial score (nSPS) is 18.2. The van der Waals surface area contributed by atoms with Crippen LogP contribution in [0.25, 0.3) is 10.9 Å². The fourth-order valence-electron chi connectivity index (χ4n) is 6.30. The molecule has 0 spiro atoms. The third kappa shape index (κ3) is 4.60. The van der Waals surface area contributed by atoms with Gasteiger partial charge in [-0.15, -0.1) is 5.10 Å². The second kappa shape index (κ2) is 10.3. The molecule has 1 aliphatic carbocycles. The molecule has 4 aromatic rings. The topological polar surface area (TPSA) is 82.9 Å². The molecule has 0 bridgehead atoms. The summed E-state index contributed by atoms with van der Waals surface area (Å²) < 4.78 is 16.5. The molecule has 6 rings (SSSR count). The molecule has 1 N–H and O–H groups in total. The second-order valence-electron chi connectivity index (χ2n) is 10.8. The summed E-state index contributed by atoms with van der Waals surface area (Å²) >= 11 is 0. The van der Waals surface area contributed by atoms with Crippen LogP contribution in [0.3, 0.4) is 0 Å². The van der Waals surface area contributed by atoms with Crippen molar-refractivity contribution in [2.24, 2.45) is 0 Å². The van der Waals surface area contributed by atoms with E-state index in [4.69, 9.17) is 0 Å². The molecule has 38 heavy (non-hydrogen) atoms. The zero-order valence-corrected chi connectivity index (χ0v) is 22.0. The van der Waals surface area contributed by atoms with Crippen LogP contribution >= 0.6 is 0 Å². The summed E-state index contributed by atoms with van der Waals surface area (Å²) in [5.41, 5.74) is 4.20. The lowest BCUT2D eigenvalue weighted by molar-refractivity contribution is 0.192. The first-order valence-corrected chi connectivity index (χ1v) is 13.6. The molecule has 1 aliphatic heterocycles. The Hall–Kier alpha value is -3.59. The Morgan fingerprint density at radius 3 is 2.53 bits per heavy atom. The van der Waals surface area contributed by atoms with E-state index in [2.05, 4.69) is 49.4 Å². The van der Waals surface area contributed by atoms with Crippen LogP contribution in [-0.2, 0) is 0 Å². The summed E-state index contributed by atoms with van der Waals surface area (Å²) in [5.74, 6) is 0.501. The Labute approximate surface area is 221 Å². The van der Waals surface area contributed by atoms with E-state index in [9.17, 15) is 9.18 Å². The third-order valence-electron chi connectivity index (χ3n) is 8.17. The Morgan fingerprint density at radius 2 is 1.76 bits per heavy atom. The van der Waals surface area contributed by atoms with Crippen molar-refractivity contribution in [2.75, 3.05) is 31.1 Å². The monoisotopic (exact) mass is 515 g/mol. The van der Waals surface area contributed by atoms with Crippen LogP contribution in [0.4, 0.5) is 10.1 Å². The molecule has 3 heterocycles. The zero-order valence-electron chi connectivity index (χ0n) is 22.0. The number of tetrazole rings is 1. The molecule has 1 saturated carbocycles. The van der Waals surface area contributed by atoms with E-state index in [-0.39, 0.29) is 17.4 Å². The van der Waals surface area contributed by atoms with Gasteiger partial charge < -0.3 is 9.88 Å². The van der Waals surface area contributed by atoms with E-state index < -0.39 is 6.04 Å². The van der Waals surface area contributed by atoms with Gasteiger partial charge in [0.25, 0.3) is 5.56 Å². The van der Waals surface area contributed by atoms with E-state index in [1.54, 1.807) is 6.07 Å². The Kier molecular flexibility index (Phi) is 6.69. The molecule has 198 valence electrons. The lowest BCUT2D eigenvalue weighted by Crippen LogP contribution is -2.49. The zero-order chi connectivity index (χ0) is 26.2. The highest BCUT2D eigenvalue weighted by Crippen LogP contribution is 2.34. The second-order valence-corrected chi connectivity index (χ2v) is 10.8. The molecule has 2 fully saturated rings. The Bertz CT molecular complexity index is 1500. The number of halogens is 1. The number of nitrogens with one attached hydrogen (secondary N) is 1. The molecule has 2 aromatic heterocycles. The van der Waals surface area contributed by atoms with Crippen molar-refractivity contribution >= 4 is 16.6 Å². The van der Waals surface area contributed by atoms with Gasteiger partial charge in [-0.1, -0.05) is 43.0 Å². The number of aryl methyl sites for hydroxylation is 2. The number of hydrogen-bond donors (Lipinski definition) is 1. The highest BCUT2D eigenvalue weighted by atomic mass is 19.1. The molecule has 0 unspecified atom stereocenters. The number of piperazine rings is 1. The molecule has 2 aromatic carbocycles. The van der Waals surface area contributed by atoms with Crippen molar-refractivity contribution in [3.05, 3.63) is 81.2 Å². The number of hydrogen-bond acceptors (Lipinski definition) is 6. The molecule has 0 radical (unpaired) electrons. The summed E-state index contributed by atoms with van der Waals surface area (Å²) in [6, 6.07) is 13.0. The van der Waals surface area contributed by atoms with E-state index in [0.717, 1.165) is 47.7 Å². The number of rotatable bonds is 5. The van der Waals surface area contributed by atoms with E-state index >= 15 is 0 Å². The minimum absolute atomic E-state index is 0.121. The molecular formula is C29H34FN7O. The lowest BCUT2D eigenvalue weighted by atomic mass is 9.95. The molecule has 9 heteroatoms. The van der Waals surface area contributed by atoms with Gasteiger partial charge in [-0.2, -0.15) is 0 Å². The fourth-order valence-corrected chi connectivity index (χ4v) is 6.30. The molecule has 2 aliphatic rings. The summed E-state index contributed by atoms with van der Waals surface area (Å²) in [6.45, 7) is 6.69. The first-order valence-electron chi connectivity index (χ1n) is 13.6. The number of pyridine rings is 1. The number of nitrogens with zero attached hydrogens (tertiary/aromatic N) is 6. The van der Waals surface area contributed by atoms with Gasteiger partial charge in [0.15, 0.2) is 5.82 Å². The predicted octanol–water partition coefficient (Wildman–Crippen LogP) is 4.69. The lowest BCUT2D eigenvalue weighted by Gasteiger charge is -2.40. The van der Waals surface area contributed by atoms with E-state index in [1.165, 1.54) is 12.5 Å². The number of aromatic amines is 1. The van der Waals surface area contributed by atoms with Crippen molar-refractivity contribution in [3.8, 4) is 0 Å². The maximum atomic E-state index is 14.5. The van der Waals surface area contributed by atoms with Crippen LogP contribution in [-0.4, -0.2) is 56.3 Å². The summed E-state index contributed by atoms with van der Waals surface area (Å²) in [4.78, 5) is 21.2. The first kappa shape index (κ1) is 24.7. The highest BCUT2D eigenvalue weighted by molar-refractivity contribution is 5.83. The number of fused-ring (bicyclic) bond motifs is 1. The molecule has 8 nitrogen and oxygen atoms in total. The number of H-pyrrole nitrogens is 1. The Balaban J connectivity index is 1.41. The number of benzene rings is 2. The van der Waals surface area contributed by atoms with Gasteiger partial charge in [0.1, 0.15) is 11.9 Å². The van der Waals surface area contributed by atoms with Gasteiger partial charge in [0.05, 0.1) is 17.2 Å². The highest BCUT2D eigenvalue weighted by Gasteiger charge is 2.34. The summed E-state index contributed by atoms with van der Waals surface area (Å²) in [6.07, 6.45) is 5.63. The van der Waals surface area contributed by atoms with Crippen LogP contribution in [0.2, 0.25) is 0 Å². The van der Waals surface area contributed by atoms with Crippen molar-refractivity contribution < 1.29 is 4.39 Å². The predicted molar refractivity (Wildman–Crippen MR) is 146 cm³/mol. The van der Waals surface area contributed by atoms with Crippen molar-refractivity contribution in [1.29, 1.82) is 0 Å². The van der Waals surface area contributed by atoms with Crippen LogP contribution in [0.1, 0.15) is 66.7 Å². The largest absolute Gasteiger partial charge is 0.367 e. The van der Waals surface area contributed by atoms with Crippen molar-refractivity contribution in [2.45, 2.75) is 58.0 Å². The SMILES string of the molecule is Cc1cc(C)c2[nH]c(=O)c([C@H](c3nnnn3C3CCCCC3)N3CCN(c4ccccc4F)CC3)cc2c1. The minimum Gasteiger partial charge on any atom is -0.367 e. The molecular weight excluding hydrogens is 481 g/mol. The average Bonchev–Trinajstić information content (AvgIpc) is 3.40. The van der Waals surface area contributed by atoms with Crippen LogP contribution in [0, 0.1) is 19.7 Å². The maximum absolute atomic E-state index is 14.5. The average molecular weight is 516 g/mol. The van der Waals surface area contributed by atoms with Gasteiger partial charge in [0.2, 0.25) is 0 Å². The van der Waals surface area contributed by atoms with Crippen molar-refractivity contribution in [3.63, 3.8) is 0 Å². The first-order chi connectivity index (χ1) is 18.5. The van der Waals surface area contributed by atoms with Gasteiger partial charge in [-0.3, -0.25) is 9.69 Å². The summed E-state index contributed by atoms with van der Waals surface area (Å²) in [7, 11) is 0. The van der Waals surface area contributed by atoms with Gasteiger partial charge in [-0.05, 0) is 72.3 Å². The molecule has 1 saturated heterocycles. The fraction of sp³-hybridized carbons (Fsp3) is 0.448. The smallest absolute Gasteiger partial charge is 0.253 e. The van der Waals surface area contributed by atoms with Crippen LogP contribution in [0.15, 0.2) is 47.3 Å². The Morgan fingerprint density at radius 1 is 1.00 bits per heavy atom. The van der Waals surface area contributed by atoms with Crippen molar-refractivity contribution in [1.82, 2.24) is 30.1 Å². The third-order valence-corrected chi connectivity index (χ3v) is 8.17. The number of para-hydroxylation sites is 1. The van der Waals surface area contributed by atoms with Crippen LogP contribution in [0.5, 0.6) is 0 Å². The molecule has 0 amide bonds. The standard InChI is InChI=1S/C29H34FN7O/c1-19-16-20(2)26-21(17-19)18-23(29(38)31-26)27(28-32-33-34-37(28)22-8-4-3-5-9-22)36-14-12-35(13-15-36)25-11-7-6-10-24(25)30/h6-7,10-11,16-18,22,27H,3-5,8-9,12-15H2,1-2H3,(H,31,38)/t27-/m1/s1. The van der Waals surface area contributed by atoms with Crippen LogP contribution < -0.4 is 10.5 Å². The number of anilines is 1.